The van der Waals surface area contributed by atoms with E-state index in [0.29, 0.717) is 5.56 Å². The molecule has 2 aromatic carbocycles. The second-order valence-corrected chi connectivity index (χ2v) is 8.93. The topological polar surface area (TPSA) is 54.5 Å². The molecule has 1 saturated heterocycles. The third-order valence-electron chi connectivity index (χ3n) is 6.61. The maximum absolute atomic E-state index is 13.5. The van der Waals surface area contributed by atoms with Crippen LogP contribution in [0.3, 0.4) is 0 Å². The van der Waals surface area contributed by atoms with Gasteiger partial charge in [0.2, 0.25) is 0 Å². The van der Waals surface area contributed by atoms with Gasteiger partial charge in [0.1, 0.15) is 11.6 Å². The molecular weight excluding hydrogens is 484 g/mol. The number of esters is 1. The van der Waals surface area contributed by atoms with Crippen molar-refractivity contribution in [2.45, 2.75) is 44.4 Å². The quantitative estimate of drug-likeness (QED) is 0.378. The van der Waals surface area contributed by atoms with Crippen molar-refractivity contribution in [1.29, 1.82) is 0 Å². The van der Waals surface area contributed by atoms with Crippen LogP contribution < -0.4 is 5.32 Å². The Kier molecular flexibility index (Phi) is 10.3. The molecule has 0 radical (unpaired) electrons. The summed E-state index contributed by atoms with van der Waals surface area (Å²) in [5, 5.41) is 3.44. The van der Waals surface area contributed by atoms with E-state index in [1.807, 2.05) is 6.92 Å². The van der Waals surface area contributed by atoms with Gasteiger partial charge in [-0.3, -0.25) is 9.88 Å². The Morgan fingerprint density at radius 3 is 2.31 bits per heavy atom. The number of nitrogens with one attached hydrogen (secondary N) is 1. The lowest BCUT2D eigenvalue weighted by atomic mass is 9.86. The summed E-state index contributed by atoms with van der Waals surface area (Å²) in [6.07, 6.45) is 5.42. The molecule has 1 aliphatic rings. The van der Waals surface area contributed by atoms with Crippen molar-refractivity contribution in [1.82, 2.24) is 15.2 Å². The summed E-state index contributed by atoms with van der Waals surface area (Å²) >= 11 is 0. The average Bonchev–Trinajstić information content (AvgIpc) is 2.89. The highest BCUT2D eigenvalue weighted by molar-refractivity contribution is 5.89. The minimum Gasteiger partial charge on any atom is -0.443 e. The zero-order valence-corrected chi connectivity index (χ0v) is 21.1. The molecule has 0 amide bonds. The number of carbonyl (C=O) groups is 1. The largest absolute Gasteiger partial charge is 0.443 e. The molecule has 2 unspecified atom stereocenters. The highest BCUT2D eigenvalue weighted by atomic mass is 35.5. The number of rotatable bonds is 9. The Morgan fingerprint density at radius 2 is 1.72 bits per heavy atom. The van der Waals surface area contributed by atoms with Gasteiger partial charge in [-0.15, -0.1) is 12.4 Å². The first-order valence-corrected chi connectivity index (χ1v) is 12.1. The van der Waals surface area contributed by atoms with Crippen LogP contribution in [-0.4, -0.2) is 47.8 Å². The number of piperazine rings is 1. The predicted octanol–water partition coefficient (Wildman–Crippen LogP) is 5.56. The van der Waals surface area contributed by atoms with Crippen LogP contribution >= 0.6 is 12.4 Å². The molecule has 36 heavy (non-hydrogen) atoms. The molecular formula is C28H32ClF2N3O2. The number of ether oxygens (including phenoxy) is 1. The van der Waals surface area contributed by atoms with Crippen LogP contribution in [0.5, 0.6) is 0 Å². The molecule has 2 heterocycles. The summed E-state index contributed by atoms with van der Waals surface area (Å²) in [5.41, 5.74) is 2.46. The zero-order valence-electron chi connectivity index (χ0n) is 20.3. The van der Waals surface area contributed by atoms with Gasteiger partial charge < -0.3 is 10.1 Å². The summed E-state index contributed by atoms with van der Waals surface area (Å²) in [5.74, 6) is -0.881. The Hall–Kier alpha value is -2.87. The number of pyridine rings is 1. The predicted molar refractivity (Wildman–Crippen MR) is 138 cm³/mol. The molecule has 1 aliphatic heterocycles. The van der Waals surface area contributed by atoms with Gasteiger partial charge in [-0.25, -0.2) is 13.6 Å². The Morgan fingerprint density at radius 1 is 1.08 bits per heavy atom. The van der Waals surface area contributed by atoms with Gasteiger partial charge in [0, 0.05) is 44.0 Å². The van der Waals surface area contributed by atoms with Crippen LogP contribution in [-0.2, 0) is 4.74 Å². The van der Waals surface area contributed by atoms with Gasteiger partial charge in [-0.1, -0.05) is 30.7 Å². The normalized spacial score (nSPS) is 16.8. The van der Waals surface area contributed by atoms with Crippen molar-refractivity contribution in [2.75, 3.05) is 19.6 Å². The fourth-order valence-corrected chi connectivity index (χ4v) is 4.77. The standard InChI is InChI=1S/C28H31F2N3O2.ClH/c1-20(35-28(34)23-4-3-15-31-18-23)33-17-16-32-19-26(33)5-2-6-27(21-7-11-24(29)12-8-21)22-9-13-25(30)14-10-22;/h3-4,7-15,18,20,26-27,32H,2,5-6,16-17,19H2,1H3;1H. The summed E-state index contributed by atoms with van der Waals surface area (Å²) < 4.78 is 32.8. The molecule has 0 aliphatic carbocycles. The lowest BCUT2D eigenvalue weighted by molar-refractivity contribution is -0.0493. The molecule has 0 saturated carbocycles. The molecule has 5 nitrogen and oxygen atoms in total. The number of nitrogens with zero attached hydrogens (tertiary/aromatic N) is 2. The maximum Gasteiger partial charge on any atom is 0.341 e. The van der Waals surface area contributed by atoms with Crippen LogP contribution in [0.1, 0.15) is 53.6 Å². The van der Waals surface area contributed by atoms with Crippen molar-refractivity contribution in [3.8, 4) is 0 Å². The van der Waals surface area contributed by atoms with Crippen LogP contribution in [0.15, 0.2) is 73.1 Å². The van der Waals surface area contributed by atoms with E-state index in [4.69, 9.17) is 4.74 Å². The number of carbonyl (C=O) groups excluding carboxylic acids is 1. The fourth-order valence-electron chi connectivity index (χ4n) is 4.77. The van der Waals surface area contributed by atoms with Crippen molar-refractivity contribution in [2.24, 2.45) is 0 Å². The van der Waals surface area contributed by atoms with Gasteiger partial charge in [0.25, 0.3) is 0 Å². The van der Waals surface area contributed by atoms with Gasteiger partial charge in [0.15, 0.2) is 6.23 Å². The van der Waals surface area contributed by atoms with Gasteiger partial charge in [-0.2, -0.15) is 0 Å². The van der Waals surface area contributed by atoms with Crippen molar-refractivity contribution >= 4 is 18.4 Å². The van der Waals surface area contributed by atoms with E-state index < -0.39 is 0 Å². The van der Waals surface area contributed by atoms with Crippen LogP contribution in [0.25, 0.3) is 0 Å². The highest BCUT2D eigenvalue weighted by Crippen LogP contribution is 2.31. The lowest BCUT2D eigenvalue weighted by Crippen LogP contribution is -2.55. The van der Waals surface area contributed by atoms with E-state index >= 15 is 0 Å². The molecule has 2 atom stereocenters. The van der Waals surface area contributed by atoms with Gasteiger partial charge in [-0.05, 0) is 67.3 Å². The molecule has 3 aromatic rings. The third-order valence-corrected chi connectivity index (χ3v) is 6.61. The SMILES string of the molecule is CC(OC(=O)c1cccnc1)N1CCNCC1CCCC(c1ccc(F)cc1)c1ccc(F)cc1.Cl. The van der Waals surface area contributed by atoms with Crippen LogP contribution in [0.2, 0.25) is 0 Å². The second kappa shape index (κ2) is 13.4. The van der Waals surface area contributed by atoms with E-state index in [0.717, 1.165) is 50.0 Å². The van der Waals surface area contributed by atoms with Gasteiger partial charge in [0.05, 0.1) is 5.56 Å². The number of benzene rings is 2. The second-order valence-electron chi connectivity index (χ2n) is 8.93. The molecule has 8 heteroatoms. The maximum atomic E-state index is 13.5. The Balaban J connectivity index is 0.00000361. The molecule has 1 fully saturated rings. The number of aromatic nitrogens is 1. The number of halogens is 3. The molecule has 1 aromatic heterocycles. The van der Waals surface area contributed by atoms with Crippen molar-refractivity contribution < 1.29 is 18.3 Å². The molecule has 4 rings (SSSR count). The minimum atomic E-state index is -0.379. The van der Waals surface area contributed by atoms with Crippen molar-refractivity contribution in [3.63, 3.8) is 0 Å². The van der Waals surface area contributed by atoms with E-state index in [1.54, 1.807) is 42.6 Å². The Bertz CT molecular complexity index is 1040. The zero-order chi connectivity index (χ0) is 24.6. The van der Waals surface area contributed by atoms with E-state index in [9.17, 15) is 13.6 Å². The summed E-state index contributed by atoms with van der Waals surface area (Å²) in [7, 11) is 0. The first kappa shape index (κ1) is 27.7. The third kappa shape index (κ3) is 7.32. The lowest BCUT2D eigenvalue weighted by Gasteiger charge is -2.39. The monoisotopic (exact) mass is 515 g/mol. The van der Waals surface area contributed by atoms with Crippen LogP contribution in [0.4, 0.5) is 8.78 Å². The number of hydrogen-bond acceptors (Lipinski definition) is 5. The summed E-state index contributed by atoms with van der Waals surface area (Å²) in [4.78, 5) is 18.7. The van der Waals surface area contributed by atoms with Gasteiger partial charge >= 0.3 is 5.97 Å². The van der Waals surface area contributed by atoms with Crippen molar-refractivity contribution in [3.05, 3.63) is 101 Å². The van der Waals surface area contributed by atoms with E-state index in [-0.39, 0.29) is 48.2 Å². The first-order chi connectivity index (χ1) is 17.0. The first-order valence-electron chi connectivity index (χ1n) is 12.1. The Labute approximate surface area is 217 Å². The average molecular weight is 516 g/mol. The molecule has 1 N–H and O–H groups in total. The minimum absolute atomic E-state index is 0. The summed E-state index contributed by atoms with van der Waals surface area (Å²) in [6.45, 7) is 4.34. The van der Waals surface area contributed by atoms with Crippen LogP contribution in [0, 0.1) is 11.6 Å². The smallest absolute Gasteiger partial charge is 0.341 e. The molecule has 0 bridgehead atoms. The highest BCUT2D eigenvalue weighted by Gasteiger charge is 2.29. The molecule has 192 valence electrons. The molecule has 0 spiro atoms. The van der Waals surface area contributed by atoms with E-state index in [1.165, 1.54) is 30.5 Å². The number of hydrogen-bond donors (Lipinski definition) is 1. The van der Waals surface area contributed by atoms with E-state index in [2.05, 4.69) is 15.2 Å². The fraction of sp³-hybridized carbons (Fsp3) is 0.357. The summed E-state index contributed by atoms with van der Waals surface area (Å²) in [6, 6.07) is 16.7.